The quantitative estimate of drug-likeness (QED) is 0.541. The maximum absolute atomic E-state index is 5.65. The topological polar surface area (TPSA) is 61.0 Å². The minimum absolute atomic E-state index is 0.0227. The van der Waals surface area contributed by atoms with E-state index < -0.39 is 0 Å². The molecule has 1 aromatic rings. The highest BCUT2D eigenvalue weighted by molar-refractivity contribution is 5.30. The van der Waals surface area contributed by atoms with Crippen LogP contribution in [-0.2, 0) is 0 Å². The van der Waals surface area contributed by atoms with Crippen LogP contribution >= 0.6 is 0 Å². The number of hydrogen-bond acceptors (Lipinski definition) is 4. The number of rotatable bonds is 0. The molecule has 1 aliphatic heterocycles. The molecule has 4 nitrogen and oxygen atoms in total. The Labute approximate surface area is 58.0 Å². The van der Waals surface area contributed by atoms with E-state index in [1.165, 1.54) is 0 Å². The lowest BCUT2D eigenvalue weighted by atomic mass is 10.2. The van der Waals surface area contributed by atoms with Gasteiger partial charge in [0.1, 0.15) is 6.61 Å². The molecule has 0 amide bonds. The van der Waals surface area contributed by atoms with E-state index in [1.807, 2.05) is 6.07 Å². The molecular weight excluding hydrogens is 130 g/mol. The van der Waals surface area contributed by atoms with Gasteiger partial charge in [-0.25, -0.2) is 0 Å². The van der Waals surface area contributed by atoms with Crippen molar-refractivity contribution in [2.24, 2.45) is 5.73 Å². The third kappa shape index (κ3) is 0.657. The van der Waals surface area contributed by atoms with Gasteiger partial charge in [0.15, 0.2) is 0 Å². The Morgan fingerprint density at radius 2 is 2.60 bits per heavy atom. The van der Waals surface area contributed by atoms with Crippen LogP contribution in [0.5, 0.6) is 5.88 Å². The Balaban J connectivity index is 2.51. The first kappa shape index (κ1) is 5.61. The van der Waals surface area contributed by atoms with E-state index in [0.717, 1.165) is 5.56 Å². The lowest BCUT2D eigenvalue weighted by Gasteiger charge is -1.95. The van der Waals surface area contributed by atoms with Crippen molar-refractivity contribution in [3.63, 3.8) is 0 Å². The van der Waals surface area contributed by atoms with Crippen LogP contribution < -0.4 is 10.5 Å². The summed E-state index contributed by atoms with van der Waals surface area (Å²) in [5.74, 6) is 0.579. The smallest absolute Gasteiger partial charge is 0.238 e. The van der Waals surface area contributed by atoms with Crippen LogP contribution in [0.25, 0.3) is 0 Å². The summed E-state index contributed by atoms with van der Waals surface area (Å²) in [7, 11) is 0. The van der Waals surface area contributed by atoms with Crippen molar-refractivity contribution < 1.29 is 4.74 Å². The molecule has 0 aliphatic carbocycles. The van der Waals surface area contributed by atoms with Crippen molar-refractivity contribution in [1.29, 1.82) is 0 Å². The third-order valence-electron chi connectivity index (χ3n) is 1.52. The molecule has 2 rings (SSSR count). The molecular formula is C6H7N3O. The zero-order chi connectivity index (χ0) is 6.97. The predicted molar refractivity (Wildman–Crippen MR) is 34.5 cm³/mol. The van der Waals surface area contributed by atoms with Crippen LogP contribution in [0.15, 0.2) is 12.3 Å². The van der Waals surface area contributed by atoms with E-state index in [2.05, 4.69) is 10.2 Å². The zero-order valence-electron chi connectivity index (χ0n) is 5.32. The molecule has 0 spiro atoms. The van der Waals surface area contributed by atoms with Gasteiger partial charge in [0.2, 0.25) is 5.88 Å². The highest BCUT2D eigenvalue weighted by Crippen LogP contribution is 2.26. The van der Waals surface area contributed by atoms with Crippen molar-refractivity contribution in [3.8, 4) is 5.88 Å². The standard InChI is InChI=1S/C6H7N3O/c7-5-3-10-6-4(5)1-2-8-9-6/h1-2,5H,3,7H2. The summed E-state index contributed by atoms with van der Waals surface area (Å²) in [6, 6.07) is 1.81. The number of nitrogens with two attached hydrogens (primary N) is 1. The molecule has 1 aliphatic rings. The Morgan fingerprint density at radius 1 is 1.70 bits per heavy atom. The SMILES string of the molecule is NC1COc2nnccc21. The van der Waals surface area contributed by atoms with Gasteiger partial charge in [-0.05, 0) is 6.07 Å². The van der Waals surface area contributed by atoms with Crippen molar-refractivity contribution >= 4 is 0 Å². The second-order valence-electron chi connectivity index (χ2n) is 2.21. The lowest BCUT2D eigenvalue weighted by molar-refractivity contribution is 0.320. The van der Waals surface area contributed by atoms with Gasteiger partial charge in [-0.1, -0.05) is 0 Å². The van der Waals surface area contributed by atoms with Crippen LogP contribution in [0.1, 0.15) is 11.6 Å². The second kappa shape index (κ2) is 1.91. The number of ether oxygens (including phenoxy) is 1. The molecule has 52 valence electrons. The highest BCUT2D eigenvalue weighted by Gasteiger charge is 2.20. The minimum Gasteiger partial charge on any atom is -0.474 e. The van der Waals surface area contributed by atoms with Crippen molar-refractivity contribution in [3.05, 3.63) is 17.8 Å². The highest BCUT2D eigenvalue weighted by atomic mass is 16.5. The first-order valence-corrected chi connectivity index (χ1v) is 3.08. The van der Waals surface area contributed by atoms with Gasteiger partial charge < -0.3 is 10.5 Å². The summed E-state index contributed by atoms with van der Waals surface area (Å²) in [6.07, 6.45) is 1.62. The van der Waals surface area contributed by atoms with Crippen LogP contribution in [0, 0.1) is 0 Å². The van der Waals surface area contributed by atoms with E-state index in [0.29, 0.717) is 12.5 Å². The summed E-state index contributed by atoms with van der Waals surface area (Å²) in [6.45, 7) is 0.522. The normalized spacial score (nSPS) is 21.9. The average Bonchev–Trinajstić information content (AvgIpc) is 2.34. The van der Waals surface area contributed by atoms with Crippen LogP contribution in [0.4, 0.5) is 0 Å². The van der Waals surface area contributed by atoms with E-state index >= 15 is 0 Å². The lowest BCUT2D eigenvalue weighted by Crippen LogP contribution is -2.10. The zero-order valence-corrected chi connectivity index (χ0v) is 5.32. The fourth-order valence-corrected chi connectivity index (χ4v) is 0.981. The molecule has 10 heavy (non-hydrogen) atoms. The van der Waals surface area contributed by atoms with Gasteiger partial charge in [-0.2, -0.15) is 5.10 Å². The number of fused-ring (bicyclic) bond motifs is 1. The van der Waals surface area contributed by atoms with Gasteiger partial charge in [-0.15, -0.1) is 5.10 Å². The molecule has 0 radical (unpaired) electrons. The second-order valence-corrected chi connectivity index (χ2v) is 2.21. The fourth-order valence-electron chi connectivity index (χ4n) is 0.981. The average molecular weight is 137 g/mol. The molecule has 0 saturated heterocycles. The summed E-state index contributed by atoms with van der Waals surface area (Å²) in [5, 5.41) is 7.42. The summed E-state index contributed by atoms with van der Waals surface area (Å²) >= 11 is 0. The van der Waals surface area contributed by atoms with Gasteiger partial charge in [0.25, 0.3) is 0 Å². The Bertz CT molecular complexity index is 251. The molecule has 0 saturated carbocycles. The van der Waals surface area contributed by atoms with Crippen LogP contribution in [-0.4, -0.2) is 16.8 Å². The largest absolute Gasteiger partial charge is 0.474 e. The molecule has 0 aromatic carbocycles. The molecule has 2 N–H and O–H groups in total. The molecule has 1 atom stereocenters. The molecule has 1 aromatic heterocycles. The fraction of sp³-hybridized carbons (Fsp3) is 0.333. The molecule has 2 heterocycles. The number of aromatic nitrogens is 2. The Kier molecular flexibility index (Phi) is 1.07. The van der Waals surface area contributed by atoms with E-state index in [4.69, 9.17) is 10.5 Å². The van der Waals surface area contributed by atoms with Crippen molar-refractivity contribution in [2.75, 3.05) is 6.61 Å². The van der Waals surface area contributed by atoms with Crippen LogP contribution in [0.3, 0.4) is 0 Å². The van der Waals surface area contributed by atoms with Crippen molar-refractivity contribution in [1.82, 2.24) is 10.2 Å². The molecule has 4 heteroatoms. The first-order chi connectivity index (χ1) is 4.88. The van der Waals surface area contributed by atoms with Gasteiger partial charge >= 0.3 is 0 Å². The third-order valence-corrected chi connectivity index (χ3v) is 1.52. The van der Waals surface area contributed by atoms with Crippen molar-refractivity contribution in [2.45, 2.75) is 6.04 Å². The minimum atomic E-state index is -0.0227. The van der Waals surface area contributed by atoms with Gasteiger partial charge in [0.05, 0.1) is 12.2 Å². The predicted octanol–water partition coefficient (Wildman–Crippen LogP) is -0.131. The summed E-state index contributed by atoms with van der Waals surface area (Å²) < 4.78 is 5.11. The summed E-state index contributed by atoms with van der Waals surface area (Å²) in [5.41, 5.74) is 6.61. The number of hydrogen-bond donors (Lipinski definition) is 1. The van der Waals surface area contributed by atoms with Gasteiger partial charge in [0, 0.05) is 5.56 Å². The Hall–Kier alpha value is -1.16. The van der Waals surface area contributed by atoms with Gasteiger partial charge in [-0.3, -0.25) is 0 Å². The summed E-state index contributed by atoms with van der Waals surface area (Å²) in [4.78, 5) is 0. The van der Waals surface area contributed by atoms with E-state index in [-0.39, 0.29) is 6.04 Å². The molecule has 0 fully saturated rings. The molecule has 1 unspecified atom stereocenters. The Morgan fingerprint density at radius 3 is 3.40 bits per heavy atom. The maximum Gasteiger partial charge on any atom is 0.238 e. The van der Waals surface area contributed by atoms with E-state index in [1.54, 1.807) is 6.20 Å². The maximum atomic E-state index is 5.65. The van der Waals surface area contributed by atoms with E-state index in [9.17, 15) is 0 Å². The monoisotopic (exact) mass is 137 g/mol. The molecule has 0 bridgehead atoms. The van der Waals surface area contributed by atoms with Crippen LogP contribution in [0.2, 0.25) is 0 Å². The number of nitrogens with zero attached hydrogens (tertiary/aromatic N) is 2. The first-order valence-electron chi connectivity index (χ1n) is 3.08.